The second-order valence-electron chi connectivity index (χ2n) is 5.61. The van der Waals surface area contributed by atoms with Crippen molar-refractivity contribution >= 4 is 38.9 Å². The Hall–Kier alpha value is -2.24. The summed E-state index contributed by atoms with van der Waals surface area (Å²) in [6.07, 6.45) is 11.4. The molecule has 2 aliphatic rings. The van der Waals surface area contributed by atoms with Crippen molar-refractivity contribution in [3.05, 3.63) is 53.2 Å². The normalized spacial score (nSPS) is 18.9. The number of aromatic nitrogens is 1. The lowest BCUT2D eigenvalue weighted by Crippen LogP contribution is -2.24. The van der Waals surface area contributed by atoms with E-state index in [0.717, 1.165) is 29.1 Å². The van der Waals surface area contributed by atoms with E-state index in [1.54, 1.807) is 11.3 Å². The van der Waals surface area contributed by atoms with Crippen molar-refractivity contribution in [2.24, 2.45) is 4.99 Å². The Kier molecular flexibility index (Phi) is 5.79. The summed E-state index contributed by atoms with van der Waals surface area (Å²) in [5.41, 5.74) is 3.42. The number of fused-ring (bicyclic) bond motifs is 1. The van der Waals surface area contributed by atoms with E-state index in [-0.39, 0.29) is 6.17 Å². The summed E-state index contributed by atoms with van der Waals surface area (Å²) < 4.78 is 0. The molecule has 1 unspecified atom stereocenters. The van der Waals surface area contributed by atoms with Crippen LogP contribution in [-0.2, 0) is 0 Å². The van der Waals surface area contributed by atoms with Crippen LogP contribution in [0.1, 0.15) is 30.8 Å². The first kappa shape index (κ1) is 17.6. The highest BCUT2D eigenvalue weighted by molar-refractivity contribution is 7.19. The fourth-order valence-corrected chi connectivity index (χ4v) is 3.81. The topological polar surface area (TPSA) is 49.3 Å². The van der Waals surface area contributed by atoms with Gasteiger partial charge in [0.2, 0.25) is 0 Å². The van der Waals surface area contributed by atoms with Crippen molar-refractivity contribution in [2.45, 2.75) is 26.4 Å². The van der Waals surface area contributed by atoms with E-state index < -0.39 is 0 Å². The summed E-state index contributed by atoms with van der Waals surface area (Å²) in [5, 5.41) is 7.62. The molecule has 2 aromatic rings. The van der Waals surface area contributed by atoms with Crippen molar-refractivity contribution in [3.63, 3.8) is 0 Å². The van der Waals surface area contributed by atoms with Crippen LogP contribution < -0.4 is 10.6 Å². The monoisotopic (exact) mass is 352 g/mol. The van der Waals surface area contributed by atoms with Gasteiger partial charge in [-0.3, -0.25) is 10.3 Å². The second kappa shape index (κ2) is 8.23. The van der Waals surface area contributed by atoms with E-state index in [4.69, 9.17) is 4.98 Å². The Morgan fingerprint density at radius 2 is 2.16 bits per heavy atom. The van der Waals surface area contributed by atoms with E-state index in [1.165, 1.54) is 15.8 Å². The van der Waals surface area contributed by atoms with Gasteiger partial charge in [-0.15, -0.1) is 11.3 Å². The number of rotatable bonds is 3. The molecule has 2 N–H and O–H groups in total. The molecule has 0 amide bonds. The van der Waals surface area contributed by atoms with Crippen molar-refractivity contribution in [3.8, 4) is 0 Å². The first-order chi connectivity index (χ1) is 12.3. The van der Waals surface area contributed by atoms with Crippen molar-refractivity contribution in [1.29, 1.82) is 0 Å². The standard InChI is InChI=1S/C18H18N4S.C2H6/c1-19-17-7-5-13(11-21-17)15-6-4-12-9-16(23-18(12)22-15)14-3-2-8-20-10-14;1-2/h2-6,8-9,11,17,19-20H,7,10H2,1H3;1-2H3. The van der Waals surface area contributed by atoms with Crippen LogP contribution in [0.2, 0.25) is 0 Å². The number of nitrogens with one attached hydrogen (secondary N) is 2. The average molecular weight is 353 g/mol. The maximum absolute atomic E-state index is 4.84. The smallest absolute Gasteiger partial charge is 0.124 e. The van der Waals surface area contributed by atoms with Crippen molar-refractivity contribution < 1.29 is 0 Å². The van der Waals surface area contributed by atoms with Gasteiger partial charge in [0, 0.05) is 35.0 Å². The van der Waals surface area contributed by atoms with Crippen LogP contribution in [0.5, 0.6) is 0 Å². The predicted molar refractivity (Wildman–Crippen MR) is 110 cm³/mol. The highest BCUT2D eigenvalue weighted by Gasteiger charge is 2.12. The molecule has 0 fully saturated rings. The molecule has 2 aliphatic heterocycles. The summed E-state index contributed by atoms with van der Waals surface area (Å²) in [6, 6.07) is 6.47. The summed E-state index contributed by atoms with van der Waals surface area (Å²) in [6.45, 7) is 4.87. The first-order valence-electron chi connectivity index (χ1n) is 8.74. The van der Waals surface area contributed by atoms with Gasteiger partial charge < -0.3 is 5.32 Å². The van der Waals surface area contributed by atoms with Crippen LogP contribution in [0, 0.1) is 0 Å². The SMILES string of the molecule is CC.CNC1CC=C(c2ccc3cc(C4=CC=CNC4)sc3n2)C=N1. The van der Waals surface area contributed by atoms with E-state index >= 15 is 0 Å². The molecular weight excluding hydrogens is 328 g/mol. The van der Waals surface area contributed by atoms with Gasteiger partial charge in [0.1, 0.15) is 11.0 Å². The third-order valence-corrected chi connectivity index (χ3v) is 5.21. The fourth-order valence-electron chi connectivity index (χ4n) is 2.75. The van der Waals surface area contributed by atoms with Gasteiger partial charge in [0.25, 0.3) is 0 Å². The Balaban J connectivity index is 0.000000880. The lowest BCUT2D eigenvalue weighted by molar-refractivity contribution is 0.595. The zero-order valence-electron chi connectivity index (χ0n) is 14.9. The average Bonchev–Trinajstić information content (AvgIpc) is 3.14. The van der Waals surface area contributed by atoms with Crippen LogP contribution in [0.3, 0.4) is 0 Å². The molecule has 0 saturated carbocycles. The fraction of sp³-hybridized carbons (Fsp3) is 0.300. The second-order valence-corrected chi connectivity index (χ2v) is 6.64. The molecule has 0 spiro atoms. The maximum Gasteiger partial charge on any atom is 0.124 e. The lowest BCUT2D eigenvalue weighted by Gasteiger charge is -2.14. The van der Waals surface area contributed by atoms with Crippen molar-refractivity contribution in [1.82, 2.24) is 15.6 Å². The molecule has 4 nitrogen and oxygen atoms in total. The maximum atomic E-state index is 4.84. The van der Waals surface area contributed by atoms with Crippen LogP contribution in [0.15, 0.2) is 47.6 Å². The Bertz CT molecular complexity index is 858. The largest absolute Gasteiger partial charge is 0.387 e. The molecule has 25 heavy (non-hydrogen) atoms. The van der Waals surface area contributed by atoms with Crippen LogP contribution >= 0.6 is 11.3 Å². The zero-order valence-corrected chi connectivity index (χ0v) is 15.7. The third-order valence-electron chi connectivity index (χ3n) is 4.09. The number of nitrogens with zero attached hydrogens (tertiary/aromatic N) is 2. The number of hydrogen-bond acceptors (Lipinski definition) is 5. The predicted octanol–water partition coefficient (Wildman–Crippen LogP) is 4.23. The number of pyridine rings is 1. The Morgan fingerprint density at radius 3 is 2.84 bits per heavy atom. The van der Waals surface area contributed by atoms with Gasteiger partial charge in [0.05, 0.1) is 5.69 Å². The zero-order chi connectivity index (χ0) is 17.6. The number of allylic oxidation sites excluding steroid dienone is 3. The molecule has 0 radical (unpaired) electrons. The van der Waals surface area contributed by atoms with E-state index in [1.807, 2.05) is 39.4 Å². The summed E-state index contributed by atoms with van der Waals surface area (Å²) in [5.74, 6) is 0. The van der Waals surface area contributed by atoms with Gasteiger partial charge >= 0.3 is 0 Å². The molecule has 130 valence electrons. The molecule has 0 saturated heterocycles. The van der Waals surface area contributed by atoms with E-state index in [0.29, 0.717) is 0 Å². The number of hydrogen-bond donors (Lipinski definition) is 2. The third kappa shape index (κ3) is 3.89. The lowest BCUT2D eigenvalue weighted by atomic mass is 10.1. The van der Waals surface area contributed by atoms with Gasteiger partial charge in [-0.2, -0.15) is 0 Å². The molecule has 1 atom stereocenters. The van der Waals surface area contributed by atoms with Crippen molar-refractivity contribution in [2.75, 3.05) is 13.6 Å². The van der Waals surface area contributed by atoms with Crippen LogP contribution in [-0.4, -0.2) is 31.0 Å². The minimum atomic E-state index is 0.189. The molecular formula is C20H24N4S. The summed E-state index contributed by atoms with van der Waals surface area (Å²) in [7, 11) is 1.93. The number of thiophene rings is 1. The molecule has 4 heterocycles. The molecule has 2 aromatic heterocycles. The van der Waals surface area contributed by atoms with E-state index in [2.05, 4.69) is 46.0 Å². The van der Waals surface area contributed by atoms with E-state index in [9.17, 15) is 0 Å². The highest BCUT2D eigenvalue weighted by Crippen LogP contribution is 2.31. The summed E-state index contributed by atoms with van der Waals surface area (Å²) in [4.78, 5) is 11.7. The molecule has 4 rings (SSSR count). The Morgan fingerprint density at radius 1 is 1.28 bits per heavy atom. The molecule has 0 bridgehead atoms. The molecule has 0 aliphatic carbocycles. The van der Waals surface area contributed by atoms with Gasteiger partial charge in [-0.25, -0.2) is 4.98 Å². The quantitative estimate of drug-likeness (QED) is 0.869. The van der Waals surface area contributed by atoms with Crippen LogP contribution in [0.4, 0.5) is 0 Å². The van der Waals surface area contributed by atoms with Crippen LogP contribution in [0.25, 0.3) is 21.4 Å². The van der Waals surface area contributed by atoms with Gasteiger partial charge in [-0.05, 0) is 43.1 Å². The number of aliphatic imine (C=N–C) groups is 1. The van der Waals surface area contributed by atoms with Gasteiger partial charge in [-0.1, -0.05) is 26.0 Å². The minimum Gasteiger partial charge on any atom is -0.387 e. The summed E-state index contributed by atoms with van der Waals surface area (Å²) >= 11 is 1.75. The van der Waals surface area contributed by atoms with Gasteiger partial charge in [0.15, 0.2) is 0 Å². The first-order valence-corrected chi connectivity index (χ1v) is 9.56. The Labute approximate surface area is 153 Å². The minimum absolute atomic E-state index is 0.189. The number of dihydropyridines is 2. The highest BCUT2D eigenvalue weighted by atomic mass is 32.1. The molecule has 5 heteroatoms. The molecule has 0 aromatic carbocycles.